The highest BCUT2D eigenvalue weighted by atomic mass is 16.4. The minimum Gasteiger partial charge on any atom is -0.419 e. The van der Waals surface area contributed by atoms with E-state index in [-0.39, 0.29) is 0 Å². The fourth-order valence-electron chi connectivity index (χ4n) is 6.58. The zero-order valence-corrected chi connectivity index (χ0v) is 21.9. The molecule has 2 aliphatic heterocycles. The van der Waals surface area contributed by atoms with Crippen LogP contribution in [-0.4, -0.2) is 62.6 Å². The first kappa shape index (κ1) is 23.9. The number of rotatable bonds is 5. The first-order valence-electron chi connectivity index (χ1n) is 14.4. The lowest BCUT2D eigenvalue weighted by atomic mass is 9.88. The van der Waals surface area contributed by atoms with Crippen LogP contribution in [0.4, 0.5) is 5.82 Å². The van der Waals surface area contributed by atoms with Crippen LogP contribution in [0.2, 0.25) is 0 Å². The molecule has 0 amide bonds. The van der Waals surface area contributed by atoms with E-state index in [1.54, 1.807) is 0 Å². The Balaban J connectivity index is 1.18. The number of likely N-dealkylation sites (tertiary alicyclic amines) is 1. The molecular weight excluding hydrogens is 450 g/mol. The summed E-state index contributed by atoms with van der Waals surface area (Å²) in [5, 5.41) is 14.7. The van der Waals surface area contributed by atoms with Crippen molar-refractivity contribution in [3.8, 4) is 11.6 Å². The number of fused-ring (bicyclic) bond motifs is 1. The predicted molar refractivity (Wildman–Crippen MR) is 142 cm³/mol. The minimum atomic E-state index is 0.315. The zero-order chi connectivity index (χ0) is 24.3. The number of aromatic nitrogens is 5. The van der Waals surface area contributed by atoms with Gasteiger partial charge in [0.2, 0.25) is 5.89 Å². The van der Waals surface area contributed by atoms with Gasteiger partial charge in [0, 0.05) is 33.2 Å². The summed E-state index contributed by atoms with van der Waals surface area (Å²) in [6, 6.07) is 4.27. The maximum atomic E-state index is 6.28. The summed E-state index contributed by atoms with van der Waals surface area (Å²) in [5.74, 6) is 3.51. The molecule has 1 saturated carbocycles. The first-order valence-corrected chi connectivity index (χ1v) is 14.4. The fraction of sp³-hybridized carbons (Fsp3) is 0.714. The Morgan fingerprint density at radius 3 is 2.47 bits per heavy atom. The van der Waals surface area contributed by atoms with E-state index in [4.69, 9.17) is 14.5 Å². The standard InChI is InChI=1S/C28H41N7O/c1-33-26-23(14-15-24(29-26)35-17-8-3-2-4-9-18-35)25(32-33)28-31-30-27(36-28)22-13-10-16-34(20-22)19-21-11-6-5-7-12-21/h14-15,21-22H,2-13,16-20H2,1H3. The number of piperidine rings is 1. The molecule has 1 unspecified atom stereocenters. The van der Waals surface area contributed by atoms with Gasteiger partial charge in [-0.1, -0.05) is 38.5 Å². The smallest absolute Gasteiger partial charge is 0.268 e. The SMILES string of the molecule is Cn1nc(-c2nnc(C3CCCN(CC4CCCCC4)C3)o2)c2ccc(N3CCCCCCC3)nc21. The first-order chi connectivity index (χ1) is 17.7. The third kappa shape index (κ3) is 5.15. The number of pyridine rings is 1. The van der Waals surface area contributed by atoms with Gasteiger partial charge in [-0.15, -0.1) is 10.2 Å². The molecule has 0 radical (unpaired) electrons. The molecule has 5 heterocycles. The Morgan fingerprint density at radius 1 is 0.861 bits per heavy atom. The van der Waals surface area contributed by atoms with E-state index in [0.29, 0.717) is 11.8 Å². The quantitative estimate of drug-likeness (QED) is 0.463. The lowest BCUT2D eigenvalue weighted by Crippen LogP contribution is -2.38. The normalized spacial score (nSPS) is 23.1. The van der Waals surface area contributed by atoms with Crippen molar-refractivity contribution >= 4 is 16.9 Å². The molecule has 8 nitrogen and oxygen atoms in total. The van der Waals surface area contributed by atoms with Crippen molar-refractivity contribution in [2.75, 3.05) is 37.6 Å². The van der Waals surface area contributed by atoms with E-state index in [1.807, 2.05) is 11.7 Å². The zero-order valence-electron chi connectivity index (χ0n) is 21.9. The molecule has 1 aliphatic carbocycles. The monoisotopic (exact) mass is 491 g/mol. The Bertz CT molecular complexity index is 1140. The van der Waals surface area contributed by atoms with Gasteiger partial charge < -0.3 is 14.2 Å². The molecule has 0 N–H and O–H groups in total. The van der Waals surface area contributed by atoms with Gasteiger partial charge in [-0.05, 0) is 63.1 Å². The molecule has 8 heteroatoms. The van der Waals surface area contributed by atoms with E-state index in [2.05, 4.69) is 32.1 Å². The summed E-state index contributed by atoms with van der Waals surface area (Å²) in [5.41, 5.74) is 1.62. The molecule has 0 bridgehead atoms. The Kier molecular flexibility index (Phi) is 7.21. The van der Waals surface area contributed by atoms with E-state index >= 15 is 0 Å². The largest absolute Gasteiger partial charge is 0.419 e. The summed E-state index contributed by atoms with van der Waals surface area (Å²) in [7, 11) is 1.96. The summed E-state index contributed by atoms with van der Waals surface area (Å²) in [6.45, 7) is 5.61. The van der Waals surface area contributed by atoms with Crippen molar-refractivity contribution in [3.05, 3.63) is 18.0 Å². The van der Waals surface area contributed by atoms with Crippen molar-refractivity contribution in [3.63, 3.8) is 0 Å². The van der Waals surface area contributed by atoms with Crippen LogP contribution in [-0.2, 0) is 7.05 Å². The van der Waals surface area contributed by atoms with E-state index < -0.39 is 0 Å². The molecular formula is C28H41N7O. The second-order valence-corrected chi connectivity index (χ2v) is 11.3. The molecule has 6 rings (SSSR count). The van der Waals surface area contributed by atoms with Gasteiger partial charge in [-0.2, -0.15) is 5.10 Å². The highest BCUT2D eigenvalue weighted by Gasteiger charge is 2.29. The van der Waals surface area contributed by atoms with Crippen LogP contribution < -0.4 is 4.90 Å². The van der Waals surface area contributed by atoms with Crippen LogP contribution in [0, 0.1) is 5.92 Å². The van der Waals surface area contributed by atoms with Gasteiger partial charge in [0.25, 0.3) is 5.89 Å². The van der Waals surface area contributed by atoms with Gasteiger partial charge >= 0.3 is 0 Å². The van der Waals surface area contributed by atoms with Crippen molar-refractivity contribution in [1.82, 2.24) is 29.9 Å². The maximum Gasteiger partial charge on any atom is 0.268 e. The minimum absolute atomic E-state index is 0.315. The number of anilines is 1. The highest BCUT2D eigenvalue weighted by Crippen LogP contribution is 2.33. The predicted octanol–water partition coefficient (Wildman–Crippen LogP) is 5.55. The Hall–Kier alpha value is -2.48. The Labute approximate surface area is 214 Å². The summed E-state index contributed by atoms with van der Waals surface area (Å²) in [6.07, 6.45) is 15.8. The summed E-state index contributed by atoms with van der Waals surface area (Å²) in [4.78, 5) is 10.1. The van der Waals surface area contributed by atoms with Crippen LogP contribution in [0.3, 0.4) is 0 Å². The van der Waals surface area contributed by atoms with E-state index in [1.165, 1.54) is 83.7 Å². The number of nitrogens with zero attached hydrogens (tertiary/aromatic N) is 7. The van der Waals surface area contributed by atoms with Crippen molar-refractivity contribution in [2.45, 2.75) is 83.0 Å². The number of hydrogen-bond acceptors (Lipinski definition) is 7. The van der Waals surface area contributed by atoms with Crippen LogP contribution in [0.1, 0.15) is 88.9 Å². The molecule has 0 aromatic carbocycles. The second kappa shape index (κ2) is 10.9. The van der Waals surface area contributed by atoms with Crippen molar-refractivity contribution < 1.29 is 4.42 Å². The summed E-state index contributed by atoms with van der Waals surface area (Å²) >= 11 is 0. The molecule has 194 valence electrons. The molecule has 2 saturated heterocycles. The molecule has 0 spiro atoms. The molecule has 36 heavy (non-hydrogen) atoms. The van der Waals surface area contributed by atoms with Crippen LogP contribution >= 0.6 is 0 Å². The highest BCUT2D eigenvalue weighted by molar-refractivity contribution is 5.89. The van der Waals surface area contributed by atoms with Crippen LogP contribution in [0.15, 0.2) is 16.5 Å². The molecule has 3 fully saturated rings. The van der Waals surface area contributed by atoms with Gasteiger partial charge in [0.05, 0.1) is 11.3 Å². The maximum absolute atomic E-state index is 6.28. The van der Waals surface area contributed by atoms with Crippen LogP contribution in [0.5, 0.6) is 0 Å². The molecule has 3 aromatic rings. The topological polar surface area (TPSA) is 76.1 Å². The third-order valence-electron chi connectivity index (χ3n) is 8.59. The molecule has 3 aliphatic rings. The van der Waals surface area contributed by atoms with Gasteiger partial charge in [-0.25, -0.2) is 9.67 Å². The third-order valence-corrected chi connectivity index (χ3v) is 8.59. The number of hydrogen-bond donors (Lipinski definition) is 0. The number of aryl methyl sites for hydroxylation is 1. The van der Waals surface area contributed by atoms with E-state index in [0.717, 1.165) is 60.4 Å². The lowest BCUT2D eigenvalue weighted by molar-refractivity contribution is 0.152. The molecule has 1 atom stereocenters. The van der Waals surface area contributed by atoms with E-state index in [9.17, 15) is 0 Å². The average Bonchev–Trinajstić information content (AvgIpc) is 3.50. The molecule has 3 aromatic heterocycles. The van der Waals surface area contributed by atoms with Crippen LogP contribution in [0.25, 0.3) is 22.6 Å². The van der Waals surface area contributed by atoms with Gasteiger partial charge in [0.15, 0.2) is 11.3 Å². The second-order valence-electron chi connectivity index (χ2n) is 11.3. The average molecular weight is 492 g/mol. The fourth-order valence-corrected chi connectivity index (χ4v) is 6.58. The Morgan fingerprint density at radius 2 is 1.64 bits per heavy atom. The summed E-state index contributed by atoms with van der Waals surface area (Å²) < 4.78 is 8.14. The van der Waals surface area contributed by atoms with Gasteiger partial charge in [-0.3, -0.25) is 0 Å². The van der Waals surface area contributed by atoms with Crippen molar-refractivity contribution in [1.29, 1.82) is 0 Å². The lowest BCUT2D eigenvalue weighted by Gasteiger charge is -2.34. The van der Waals surface area contributed by atoms with Crippen molar-refractivity contribution in [2.24, 2.45) is 13.0 Å². The van der Waals surface area contributed by atoms with Gasteiger partial charge in [0.1, 0.15) is 5.82 Å².